The third kappa shape index (κ3) is 3.35. The van der Waals surface area contributed by atoms with Gasteiger partial charge in [-0.25, -0.2) is 4.85 Å². The normalized spacial score (nSPS) is 15.1. The molecular weight excluding hydrogens is 583 g/mol. The van der Waals surface area contributed by atoms with Crippen molar-refractivity contribution >= 4 is 27.5 Å². The average molecular weight is 608 g/mol. The van der Waals surface area contributed by atoms with Crippen molar-refractivity contribution in [1.29, 1.82) is 5.26 Å². The van der Waals surface area contributed by atoms with Gasteiger partial charge in [0.25, 0.3) is 0 Å². The van der Waals surface area contributed by atoms with Gasteiger partial charge in [-0.05, 0) is 92.0 Å². The Morgan fingerprint density at radius 2 is 1.12 bits per heavy atom. The standard InChI is InChI=1S/C45H25N3/c1-47-33-21-17-30(18-22-33)32-20-24-35-34-23-19-31(29-15-13-28(27-46)14-16-29)25-40(34)45(41(35)26-32)38-9-3-5-12-43(38)48-42-11-4-2-7-36(42)37-8-6-10-39(45)44(37)48/h2-26H. The van der Waals surface area contributed by atoms with Crippen LogP contribution in [0.1, 0.15) is 27.8 Å². The van der Waals surface area contributed by atoms with Crippen LogP contribution in [0.15, 0.2) is 152 Å². The number of hydrogen-bond donors (Lipinski definition) is 0. The third-order valence-corrected chi connectivity index (χ3v) is 10.5. The SMILES string of the molecule is [C-]#[N+]c1ccc(-c2ccc3c(c2)C2(c4cc(-c5ccc(C#N)cc5)ccc4-3)c3ccccc3-n3c4ccccc4c4cccc2c43)cc1. The van der Waals surface area contributed by atoms with E-state index in [0.717, 1.165) is 22.3 Å². The van der Waals surface area contributed by atoms with E-state index in [4.69, 9.17) is 6.57 Å². The van der Waals surface area contributed by atoms with Crippen LogP contribution in [0.4, 0.5) is 5.69 Å². The number of nitrogens with zero attached hydrogens (tertiary/aromatic N) is 3. The van der Waals surface area contributed by atoms with Crippen molar-refractivity contribution < 1.29 is 0 Å². The second kappa shape index (κ2) is 9.66. The molecule has 1 atom stereocenters. The van der Waals surface area contributed by atoms with Gasteiger partial charge in [-0.2, -0.15) is 5.26 Å². The minimum atomic E-state index is -0.583. The van der Waals surface area contributed by atoms with Crippen molar-refractivity contribution in [2.75, 3.05) is 0 Å². The summed E-state index contributed by atoms with van der Waals surface area (Å²) in [7, 11) is 0. The average Bonchev–Trinajstić information content (AvgIpc) is 3.65. The molecule has 1 aliphatic carbocycles. The van der Waals surface area contributed by atoms with Gasteiger partial charge in [-0.1, -0.05) is 115 Å². The fourth-order valence-corrected chi connectivity index (χ4v) is 8.43. The van der Waals surface area contributed by atoms with Gasteiger partial charge >= 0.3 is 0 Å². The molecule has 0 amide bonds. The maximum Gasteiger partial charge on any atom is 0.187 e. The van der Waals surface area contributed by atoms with Gasteiger partial charge in [0.2, 0.25) is 0 Å². The summed E-state index contributed by atoms with van der Waals surface area (Å²) in [5, 5.41) is 12.0. The van der Waals surface area contributed by atoms with Crippen LogP contribution in [0.2, 0.25) is 0 Å². The summed E-state index contributed by atoms with van der Waals surface area (Å²) >= 11 is 0. The minimum Gasteiger partial charge on any atom is -0.309 e. The van der Waals surface area contributed by atoms with Gasteiger partial charge in [0, 0.05) is 10.8 Å². The highest BCUT2D eigenvalue weighted by Gasteiger charge is 2.51. The lowest BCUT2D eigenvalue weighted by Gasteiger charge is -2.40. The van der Waals surface area contributed by atoms with Crippen LogP contribution in [0, 0.1) is 17.9 Å². The summed E-state index contributed by atoms with van der Waals surface area (Å²) in [6.07, 6.45) is 0. The molecule has 48 heavy (non-hydrogen) atoms. The van der Waals surface area contributed by atoms with E-state index in [9.17, 15) is 5.26 Å². The topological polar surface area (TPSA) is 33.1 Å². The van der Waals surface area contributed by atoms with E-state index in [0.29, 0.717) is 11.3 Å². The molecule has 0 radical (unpaired) electrons. The summed E-state index contributed by atoms with van der Waals surface area (Å²) in [6.45, 7) is 7.46. The van der Waals surface area contributed by atoms with Crippen LogP contribution < -0.4 is 0 Å². The first-order chi connectivity index (χ1) is 23.7. The molecule has 1 spiro atoms. The Morgan fingerprint density at radius 1 is 0.542 bits per heavy atom. The van der Waals surface area contributed by atoms with E-state index >= 15 is 0 Å². The van der Waals surface area contributed by atoms with Crippen molar-refractivity contribution in [2.45, 2.75) is 5.41 Å². The molecule has 0 bridgehead atoms. The highest BCUT2D eigenvalue weighted by atomic mass is 15.0. The van der Waals surface area contributed by atoms with Crippen molar-refractivity contribution in [2.24, 2.45) is 0 Å². The highest BCUT2D eigenvalue weighted by molar-refractivity contribution is 6.13. The van der Waals surface area contributed by atoms with Gasteiger partial charge in [-0.15, -0.1) is 0 Å². The minimum absolute atomic E-state index is 0.583. The molecule has 0 fully saturated rings. The first kappa shape index (κ1) is 26.5. The molecule has 3 heteroatoms. The molecule has 0 N–H and O–H groups in total. The zero-order valence-corrected chi connectivity index (χ0v) is 25.8. The van der Waals surface area contributed by atoms with Crippen molar-refractivity contribution in [3.05, 3.63) is 191 Å². The molecule has 0 saturated heterocycles. The molecule has 3 nitrogen and oxygen atoms in total. The maximum absolute atomic E-state index is 9.46. The number of fused-ring (bicyclic) bond motifs is 12. The summed E-state index contributed by atoms with van der Waals surface area (Å²) in [5.74, 6) is 0. The van der Waals surface area contributed by atoms with E-state index in [-0.39, 0.29) is 0 Å². The summed E-state index contributed by atoms with van der Waals surface area (Å²) in [6, 6.07) is 56.3. The maximum atomic E-state index is 9.46. The van der Waals surface area contributed by atoms with Crippen molar-refractivity contribution in [3.63, 3.8) is 0 Å². The van der Waals surface area contributed by atoms with Crippen molar-refractivity contribution in [3.8, 4) is 45.1 Å². The van der Waals surface area contributed by atoms with Gasteiger partial charge in [0.05, 0.1) is 40.3 Å². The van der Waals surface area contributed by atoms with Crippen LogP contribution in [-0.4, -0.2) is 4.57 Å². The Hall–Kier alpha value is -6.68. The number of para-hydroxylation sites is 3. The Kier molecular flexibility index (Phi) is 5.34. The summed E-state index contributed by atoms with van der Waals surface area (Å²) < 4.78 is 2.47. The second-order valence-corrected chi connectivity index (χ2v) is 12.7. The lowest BCUT2D eigenvalue weighted by Crippen LogP contribution is -2.33. The third-order valence-electron chi connectivity index (χ3n) is 10.5. The predicted octanol–water partition coefficient (Wildman–Crippen LogP) is 11.2. The molecule has 1 aliphatic heterocycles. The molecule has 1 aromatic heterocycles. The summed E-state index contributed by atoms with van der Waals surface area (Å²) in [4.78, 5) is 3.62. The first-order valence-electron chi connectivity index (χ1n) is 16.1. The predicted molar refractivity (Wildman–Crippen MR) is 193 cm³/mol. The first-order valence-corrected chi connectivity index (χ1v) is 16.1. The van der Waals surface area contributed by atoms with E-state index in [2.05, 4.69) is 131 Å². The largest absolute Gasteiger partial charge is 0.309 e. The molecule has 2 aliphatic rings. The quantitative estimate of drug-likeness (QED) is 0.180. The van der Waals surface area contributed by atoms with Crippen LogP contribution in [0.25, 0.3) is 65.7 Å². The van der Waals surface area contributed by atoms with E-state index in [1.807, 2.05) is 36.4 Å². The van der Waals surface area contributed by atoms with Crippen LogP contribution in [-0.2, 0) is 5.41 Å². The van der Waals surface area contributed by atoms with Gasteiger partial charge in [0.1, 0.15) is 0 Å². The summed E-state index contributed by atoms with van der Waals surface area (Å²) in [5.41, 5.74) is 16.3. The monoisotopic (exact) mass is 607 g/mol. The molecule has 2 heterocycles. The molecule has 7 aromatic carbocycles. The van der Waals surface area contributed by atoms with Crippen LogP contribution in [0.3, 0.4) is 0 Å². The molecule has 220 valence electrons. The number of nitriles is 1. The number of aromatic nitrogens is 1. The Bertz CT molecular complexity index is 2620. The van der Waals surface area contributed by atoms with Gasteiger partial charge in [0.15, 0.2) is 5.69 Å². The van der Waals surface area contributed by atoms with E-state index < -0.39 is 5.41 Å². The Morgan fingerprint density at radius 3 is 1.81 bits per heavy atom. The lowest BCUT2D eigenvalue weighted by molar-refractivity contribution is 0.749. The number of rotatable bonds is 2. The Balaban J connectivity index is 1.35. The smallest absolute Gasteiger partial charge is 0.187 e. The number of hydrogen-bond acceptors (Lipinski definition) is 1. The molecule has 1 unspecified atom stereocenters. The van der Waals surface area contributed by atoms with Crippen LogP contribution in [0.5, 0.6) is 0 Å². The lowest BCUT2D eigenvalue weighted by atomic mass is 9.65. The van der Waals surface area contributed by atoms with Crippen molar-refractivity contribution in [1.82, 2.24) is 4.57 Å². The highest BCUT2D eigenvalue weighted by Crippen LogP contribution is 2.61. The number of benzene rings is 7. The van der Waals surface area contributed by atoms with E-state index in [1.54, 1.807) is 0 Å². The molecule has 8 aromatic rings. The molecule has 0 saturated carbocycles. The zero-order valence-electron chi connectivity index (χ0n) is 25.8. The molecular formula is C45H25N3. The fourth-order valence-electron chi connectivity index (χ4n) is 8.43. The second-order valence-electron chi connectivity index (χ2n) is 12.7. The van der Waals surface area contributed by atoms with Gasteiger partial charge in [-0.3, -0.25) is 0 Å². The zero-order chi connectivity index (χ0) is 32.0. The van der Waals surface area contributed by atoms with Gasteiger partial charge < -0.3 is 4.57 Å². The Labute approximate surface area is 278 Å². The fraction of sp³-hybridized carbons (Fsp3) is 0.0222. The van der Waals surface area contributed by atoms with Crippen LogP contribution >= 0.6 is 0 Å². The van der Waals surface area contributed by atoms with E-state index in [1.165, 1.54) is 60.9 Å². The molecule has 10 rings (SSSR count).